The molecule has 4 N–H and O–H groups in total. The van der Waals surface area contributed by atoms with Crippen molar-refractivity contribution in [2.24, 2.45) is 17.6 Å². The smallest absolute Gasteiger partial charge is 0.252 e. The molecule has 1 aromatic carbocycles. The second-order valence-electron chi connectivity index (χ2n) is 7.22. The SMILES string of the molecule is Cc1ccccc1C(=O)NC(CC(C)C)C(=O)NCC(N)C1CC1.Cl. The van der Waals surface area contributed by atoms with Crippen LogP contribution in [0.3, 0.4) is 0 Å². The van der Waals surface area contributed by atoms with Crippen LogP contribution in [0, 0.1) is 18.8 Å². The Morgan fingerprint density at radius 3 is 2.44 bits per heavy atom. The van der Waals surface area contributed by atoms with E-state index in [9.17, 15) is 9.59 Å². The van der Waals surface area contributed by atoms with Crippen LogP contribution in [0.5, 0.6) is 0 Å². The maximum absolute atomic E-state index is 12.5. The van der Waals surface area contributed by atoms with Gasteiger partial charge in [-0.1, -0.05) is 32.0 Å². The van der Waals surface area contributed by atoms with Crippen molar-refractivity contribution in [1.29, 1.82) is 0 Å². The van der Waals surface area contributed by atoms with Gasteiger partial charge in [0.15, 0.2) is 0 Å². The Balaban J connectivity index is 0.00000312. The summed E-state index contributed by atoms with van der Waals surface area (Å²) in [5, 5.41) is 5.78. The van der Waals surface area contributed by atoms with E-state index in [0.717, 1.165) is 18.4 Å². The maximum Gasteiger partial charge on any atom is 0.252 e. The molecule has 0 heterocycles. The first-order valence-corrected chi connectivity index (χ1v) is 8.78. The maximum atomic E-state index is 12.5. The molecular weight excluding hydrogens is 338 g/mol. The summed E-state index contributed by atoms with van der Waals surface area (Å²) in [6.45, 7) is 6.44. The number of carbonyl (C=O) groups excluding carboxylic acids is 2. The van der Waals surface area contributed by atoms with Crippen LogP contribution < -0.4 is 16.4 Å². The van der Waals surface area contributed by atoms with Crippen molar-refractivity contribution in [3.05, 3.63) is 35.4 Å². The van der Waals surface area contributed by atoms with E-state index in [0.29, 0.717) is 30.4 Å². The first-order valence-electron chi connectivity index (χ1n) is 8.78. The van der Waals surface area contributed by atoms with E-state index in [2.05, 4.69) is 10.6 Å². The minimum absolute atomic E-state index is 0. The standard InChI is InChI=1S/C19H29N3O2.ClH/c1-12(2)10-17(19(24)21-11-16(20)14-8-9-14)22-18(23)15-7-5-4-6-13(15)3;/h4-7,12,14,16-17H,8-11,20H2,1-3H3,(H,21,24)(H,22,23);1H. The van der Waals surface area contributed by atoms with Gasteiger partial charge in [0.05, 0.1) is 0 Å². The van der Waals surface area contributed by atoms with E-state index in [1.807, 2.05) is 39.0 Å². The summed E-state index contributed by atoms with van der Waals surface area (Å²) in [6.07, 6.45) is 2.90. The van der Waals surface area contributed by atoms with Gasteiger partial charge in [0.1, 0.15) is 6.04 Å². The molecule has 6 heteroatoms. The van der Waals surface area contributed by atoms with Crippen LogP contribution in [0.4, 0.5) is 0 Å². The first kappa shape index (κ1) is 21.5. The molecule has 0 aromatic heterocycles. The third-order valence-corrected chi connectivity index (χ3v) is 4.46. The number of aryl methyl sites for hydroxylation is 1. The van der Waals surface area contributed by atoms with E-state index in [4.69, 9.17) is 5.73 Å². The number of halogens is 1. The fourth-order valence-electron chi connectivity index (χ4n) is 2.80. The van der Waals surface area contributed by atoms with Crippen LogP contribution in [-0.4, -0.2) is 30.4 Å². The van der Waals surface area contributed by atoms with Crippen LogP contribution in [0.25, 0.3) is 0 Å². The zero-order valence-electron chi connectivity index (χ0n) is 15.2. The Bertz CT molecular complexity index is 588. The summed E-state index contributed by atoms with van der Waals surface area (Å²) in [5.41, 5.74) is 7.54. The van der Waals surface area contributed by atoms with Crippen LogP contribution in [-0.2, 0) is 4.79 Å². The van der Waals surface area contributed by atoms with Crippen molar-refractivity contribution < 1.29 is 9.59 Å². The molecule has 0 bridgehead atoms. The molecule has 2 atom stereocenters. The molecule has 1 aromatic rings. The molecule has 25 heavy (non-hydrogen) atoms. The van der Waals surface area contributed by atoms with Crippen molar-refractivity contribution in [1.82, 2.24) is 10.6 Å². The second kappa shape index (κ2) is 9.78. The highest BCUT2D eigenvalue weighted by molar-refractivity contribution is 5.98. The van der Waals surface area contributed by atoms with E-state index < -0.39 is 6.04 Å². The second-order valence-corrected chi connectivity index (χ2v) is 7.22. The number of amides is 2. The lowest BCUT2D eigenvalue weighted by Gasteiger charge is -2.22. The summed E-state index contributed by atoms with van der Waals surface area (Å²) in [4.78, 5) is 25.0. The van der Waals surface area contributed by atoms with E-state index in [1.165, 1.54) is 0 Å². The number of carbonyl (C=O) groups is 2. The van der Waals surface area contributed by atoms with Crippen molar-refractivity contribution in [2.45, 2.75) is 52.1 Å². The zero-order chi connectivity index (χ0) is 17.7. The highest BCUT2D eigenvalue weighted by Crippen LogP contribution is 2.31. The lowest BCUT2D eigenvalue weighted by molar-refractivity contribution is -0.123. The molecule has 2 amide bonds. The molecule has 5 nitrogen and oxygen atoms in total. The molecule has 1 fully saturated rings. The Hall–Kier alpha value is -1.59. The Morgan fingerprint density at radius 1 is 1.24 bits per heavy atom. The summed E-state index contributed by atoms with van der Waals surface area (Å²) >= 11 is 0. The molecule has 0 saturated heterocycles. The van der Waals surface area contributed by atoms with Crippen molar-refractivity contribution in [2.75, 3.05) is 6.54 Å². The van der Waals surface area contributed by atoms with Gasteiger partial charge in [-0.2, -0.15) is 0 Å². The number of benzene rings is 1. The highest BCUT2D eigenvalue weighted by atomic mass is 35.5. The quantitative estimate of drug-likeness (QED) is 0.659. The predicted molar refractivity (Wildman–Crippen MR) is 103 cm³/mol. The highest BCUT2D eigenvalue weighted by Gasteiger charge is 2.29. The van der Waals surface area contributed by atoms with E-state index in [-0.39, 0.29) is 30.3 Å². The number of hydrogen-bond donors (Lipinski definition) is 3. The number of rotatable bonds is 8. The Kier molecular flexibility index (Phi) is 8.39. The molecule has 1 aliphatic rings. The normalized spacial score (nSPS) is 15.9. The van der Waals surface area contributed by atoms with Gasteiger partial charge in [-0.3, -0.25) is 9.59 Å². The van der Waals surface area contributed by atoms with Crippen molar-refractivity contribution >= 4 is 24.2 Å². The molecule has 0 spiro atoms. The third-order valence-electron chi connectivity index (χ3n) is 4.46. The van der Waals surface area contributed by atoms with Gasteiger partial charge in [-0.15, -0.1) is 12.4 Å². The van der Waals surface area contributed by atoms with Gasteiger partial charge in [0.2, 0.25) is 5.91 Å². The van der Waals surface area contributed by atoms with Crippen LogP contribution in [0.1, 0.15) is 49.0 Å². The minimum Gasteiger partial charge on any atom is -0.353 e. The zero-order valence-corrected chi connectivity index (χ0v) is 16.1. The summed E-state index contributed by atoms with van der Waals surface area (Å²) in [5.74, 6) is 0.479. The van der Waals surface area contributed by atoms with Crippen LogP contribution in [0.15, 0.2) is 24.3 Å². The summed E-state index contributed by atoms with van der Waals surface area (Å²) in [7, 11) is 0. The van der Waals surface area contributed by atoms with Gasteiger partial charge < -0.3 is 16.4 Å². The molecule has 2 rings (SSSR count). The van der Waals surface area contributed by atoms with E-state index >= 15 is 0 Å². The third kappa shape index (κ3) is 6.67. The molecule has 2 unspecified atom stereocenters. The van der Waals surface area contributed by atoms with Gasteiger partial charge in [-0.05, 0) is 49.7 Å². The van der Waals surface area contributed by atoms with Gasteiger partial charge in [-0.25, -0.2) is 0 Å². The largest absolute Gasteiger partial charge is 0.353 e. The Morgan fingerprint density at radius 2 is 1.88 bits per heavy atom. The molecule has 1 aliphatic carbocycles. The van der Waals surface area contributed by atoms with Gasteiger partial charge in [0, 0.05) is 18.2 Å². The Labute approximate surface area is 156 Å². The first-order chi connectivity index (χ1) is 11.4. The summed E-state index contributed by atoms with van der Waals surface area (Å²) in [6, 6.07) is 6.86. The minimum atomic E-state index is -0.538. The molecule has 0 radical (unpaired) electrons. The predicted octanol–water partition coefficient (Wildman–Crippen LogP) is 2.41. The number of hydrogen-bond acceptors (Lipinski definition) is 3. The fraction of sp³-hybridized carbons (Fsp3) is 0.579. The molecule has 0 aliphatic heterocycles. The summed E-state index contributed by atoms with van der Waals surface area (Å²) < 4.78 is 0. The lowest BCUT2D eigenvalue weighted by Crippen LogP contribution is -2.50. The fourth-order valence-corrected chi connectivity index (χ4v) is 2.80. The average molecular weight is 368 g/mol. The topological polar surface area (TPSA) is 84.2 Å². The van der Waals surface area contributed by atoms with Crippen LogP contribution in [0.2, 0.25) is 0 Å². The molecule has 1 saturated carbocycles. The number of nitrogens with one attached hydrogen (secondary N) is 2. The van der Waals surface area contributed by atoms with Crippen LogP contribution >= 0.6 is 12.4 Å². The molecule has 140 valence electrons. The lowest BCUT2D eigenvalue weighted by atomic mass is 10.0. The monoisotopic (exact) mass is 367 g/mol. The van der Waals surface area contributed by atoms with Gasteiger partial charge >= 0.3 is 0 Å². The van der Waals surface area contributed by atoms with Gasteiger partial charge in [0.25, 0.3) is 5.91 Å². The average Bonchev–Trinajstić information content (AvgIpc) is 3.36. The molecular formula is C19H30ClN3O2. The van der Waals surface area contributed by atoms with Crippen molar-refractivity contribution in [3.8, 4) is 0 Å². The number of nitrogens with two attached hydrogens (primary N) is 1. The van der Waals surface area contributed by atoms with Crippen molar-refractivity contribution in [3.63, 3.8) is 0 Å². The van der Waals surface area contributed by atoms with E-state index in [1.54, 1.807) is 6.07 Å².